The van der Waals surface area contributed by atoms with Crippen LogP contribution in [0.2, 0.25) is 0 Å². The van der Waals surface area contributed by atoms with E-state index in [-0.39, 0.29) is 11.8 Å². The van der Waals surface area contributed by atoms with Crippen LogP contribution in [0.15, 0.2) is 29.6 Å². The number of nitrogens with one attached hydrogen (secondary N) is 1. The van der Waals surface area contributed by atoms with Crippen LogP contribution in [0.1, 0.15) is 27.5 Å². The highest BCUT2D eigenvalue weighted by atomic mass is 32.1. The normalized spacial score (nSPS) is 17.0. The van der Waals surface area contributed by atoms with Gasteiger partial charge in [-0.15, -0.1) is 11.3 Å². The molecular formula is C17H20N4O3S. The second-order valence-electron chi connectivity index (χ2n) is 5.75. The van der Waals surface area contributed by atoms with Crippen LogP contribution >= 0.6 is 11.3 Å². The van der Waals surface area contributed by atoms with Crippen LogP contribution in [0, 0.1) is 0 Å². The Kier molecular flexibility index (Phi) is 5.30. The number of carbonyl (C=O) groups excluding carboxylic acids is 2. The summed E-state index contributed by atoms with van der Waals surface area (Å²) >= 11 is 1.34. The van der Waals surface area contributed by atoms with Gasteiger partial charge >= 0.3 is 0 Å². The Labute approximate surface area is 149 Å². The summed E-state index contributed by atoms with van der Waals surface area (Å²) in [5.41, 5.74) is 6.84. The summed E-state index contributed by atoms with van der Waals surface area (Å²) in [7, 11) is 1.62. The summed E-state index contributed by atoms with van der Waals surface area (Å²) in [6.45, 7) is 1.43. The quantitative estimate of drug-likeness (QED) is 0.805. The molecule has 1 atom stereocenters. The molecule has 2 heterocycles. The van der Waals surface area contributed by atoms with Crippen LogP contribution in [0.4, 0.5) is 0 Å². The zero-order chi connectivity index (χ0) is 17.8. The highest BCUT2D eigenvalue weighted by Gasteiger charge is 2.33. The number of amides is 2. The fourth-order valence-corrected chi connectivity index (χ4v) is 3.38. The van der Waals surface area contributed by atoms with Gasteiger partial charge in [-0.25, -0.2) is 4.98 Å². The van der Waals surface area contributed by atoms with Crippen LogP contribution in [0.25, 0.3) is 0 Å². The van der Waals surface area contributed by atoms with Crippen molar-refractivity contribution in [3.63, 3.8) is 0 Å². The minimum absolute atomic E-state index is 0.0709. The van der Waals surface area contributed by atoms with E-state index >= 15 is 0 Å². The number of thiazole rings is 1. The van der Waals surface area contributed by atoms with Crippen molar-refractivity contribution in [1.82, 2.24) is 15.2 Å². The summed E-state index contributed by atoms with van der Waals surface area (Å²) in [6.07, 6.45) is 0.592. The van der Waals surface area contributed by atoms with Crippen LogP contribution < -0.4 is 15.8 Å². The molecule has 0 radical (unpaired) electrons. The van der Waals surface area contributed by atoms with Crippen LogP contribution in [0.5, 0.6) is 5.75 Å². The number of ether oxygens (including phenoxy) is 1. The largest absolute Gasteiger partial charge is 0.497 e. The first-order chi connectivity index (χ1) is 12.1. The zero-order valence-electron chi connectivity index (χ0n) is 13.9. The Morgan fingerprint density at radius 2 is 2.20 bits per heavy atom. The first-order valence-corrected chi connectivity index (χ1v) is 8.85. The molecule has 1 aromatic heterocycles. The van der Waals surface area contributed by atoms with E-state index < -0.39 is 6.04 Å². The van der Waals surface area contributed by atoms with Crippen molar-refractivity contribution in [2.45, 2.75) is 25.6 Å². The Balaban J connectivity index is 1.58. The molecule has 2 aromatic rings. The number of nitrogens with zero attached hydrogens (tertiary/aromatic N) is 2. The smallest absolute Gasteiger partial charge is 0.271 e. The predicted molar refractivity (Wildman–Crippen MR) is 94.3 cm³/mol. The van der Waals surface area contributed by atoms with Gasteiger partial charge in [0.2, 0.25) is 5.91 Å². The Morgan fingerprint density at radius 3 is 2.84 bits per heavy atom. The van der Waals surface area contributed by atoms with E-state index in [1.165, 1.54) is 11.3 Å². The summed E-state index contributed by atoms with van der Waals surface area (Å²) < 4.78 is 5.13. The molecule has 8 heteroatoms. The van der Waals surface area contributed by atoms with Gasteiger partial charge in [0.25, 0.3) is 5.91 Å². The van der Waals surface area contributed by atoms with Crippen LogP contribution in [-0.2, 0) is 17.9 Å². The summed E-state index contributed by atoms with van der Waals surface area (Å²) in [5.74, 6) is 0.376. The Hall–Kier alpha value is -2.45. The maximum atomic E-state index is 12.5. The number of nitrogens with two attached hydrogens (primary N) is 1. The average Bonchev–Trinajstić information content (AvgIpc) is 3.24. The molecule has 1 aliphatic rings. The first kappa shape index (κ1) is 17.4. The molecule has 132 valence electrons. The van der Waals surface area contributed by atoms with Gasteiger partial charge in [-0.05, 0) is 24.1 Å². The molecule has 3 rings (SSSR count). The summed E-state index contributed by atoms with van der Waals surface area (Å²) in [6, 6.07) is 7.09. The third-order valence-corrected chi connectivity index (χ3v) is 4.97. The molecule has 7 nitrogen and oxygen atoms in total. The van der Waals surface area contributed by atoms with Gasteiger partial charge in [-0.3, -0.25) is 9.59 Å². The van der Waals surface area contributed by atoms with E-state index in [1.54, 1.807) is 17.4 Å². The number of rotatable bonds is 6. The third kappa shape index (κ3) is 3.97. The second kappa shape index (κ2) is 7.62. The molecule has 0 spiro atoms. The van der Waals surface area contributed by atoms with Crippen LogP contribution in [-0.4, -0.2) is 41.4 Å². The van der Waals surface area contributed by atoms with Crippen molar-refractivity contribution >= 4 is 23.2 Å². The van der Waals surface area contributed by atoms with E-state index in [0.717, 1.165) is 11.3 Å². The van der Waals surface area contributed by atoms with Gasteiger partial charge in [0.1, 0.15) is 22.5 Å². The third-order valence-electron chi connectivity index (χ3n) is 4.09. The lowest BCUT2D eigenvalue weighted by molar-refractivity contribution is -0.129. The van der Waals surface area contributed by atoms with E-state index in [4.69, 9.17) is 10.5 Å². The lowest BCUT2D eigenvalue weighted by Crippen LogP contribution is -2.41. The SMILES string of the molecule is COc1ccc(CN2CCC(NC(=O)c3csc(CN)n3)C2=O)cc1. The van der Waals surface area contributed by atoms with Crippen molar-refractivity contribution in [1.29, 1.82) is 0 Å². The molecule has 0 aliphatic carbocycles. The molecule has 0 saturated carbocycles. The average molecular weight is 360 g/mol. The second-order valence-corrected chi connectivity index (χ2v) is 6.70. The number of carbonyl (C=O) groups is 2. The molecule has 1 unspecified atom stereocenters. The van der Waals surface area contributed by atoms with Gasteiger partial charge in [0.05, 0.1) is 7.11 Å². The van der Waals surface area contributed by atoms with Gasteiger partial charge in [-0.1, -0.05) is 12.1 Å². The fourth-order valence-electron chi connectivity index (χ4n) is 2.72. The van der Waals surface area contributed by atoms with E-state index in [2.05, 4.69) is 10.3 Å². The zero-order valence-corrected chi connectivity index (χ0v) is 14.7. The Bertz CT molecular complexity index is 760. The molecular weight excluding hydrogens is 340 g/mol. The van der Waals surface area contributed by atoms with Gasteiger partial charge < -0.3 is 20.7 Å². The maximum absolute atomic E-state index is 12.5. The number of hydrogen-bond donors (Lipinski definition) is 2. The molecule has 1 aromatic carbocycles. The first-order valence-electron chi connectivity index (χ1n) is 7.97. The highest BCUT2D eigenvalue weighted by molar-refractivity contribution is 7.09. The topological polar surface area (TPSA) is 97.6 Å². The minimum atomic E-state index is -0.506. The molecule has 1 fully saturated rings. The van der Waals surface area contributed by atoms with E-state index in [0.29, 0.717) is 36.8 Å². The maximum Gasteiger partial charge on any atom is 0.271 e. The number of likely N-dealkylation sites (tertiary alicyclic amines) is 1. The van der Waals surface area contributed by atoms with Gasteiger partial charge in [0.15, 0.2) is 0 Å². The monoisotopic (exact) mass is 360 g/mol. The number of hydrogen-bond acceptors (Lipinski definition) is 6. The molecule has 0 bridgehead atoms. The minimum Gasteiger partial charge on any atom is -0.497 e. The Morgan fingerprint density at radius 1 is 1.44 bits per heavy atom. The molecule has 25 heavy (non-hydrogen) atoms. The number of methoxy groups -OCH3 is 1. The number of aromatic nitrogens is 1. The summed E-state index contributed by atoms with van der Waals surface area (Å²) in [5, 5.41) is 5.13. The molecule has 1 aliphatic heterocycles. The van der Waals surface area contributed by atoms with Crippen molar-refractivity contribution in [3.8, 4) is 5.75 Å². The van der Waals surface area contributed by atoms with E-state index in [1.807, 2.05) is 24.3 Å². The van der Waals surface area contributed by atoms with Crippen molar-refractivity contribution < 1.29 is 14.3 Å². The lowest BCUT2D eigenvalue weighted by Gasteiger charge is -2.17. The van der Waals surface area contributed by atoms with Crippen molar-refractivity contribution in [2.24, 2.45) is 5.73 Å². The lowest BCUT2D eigenvalue weighted by atomic mass is 10.2. The van der Waals surface area contributed by atoms with Gasteiger partial charge in [-0.2, -0.15) is 0 Å². The van der Waals surface area contributed by atoms with Crippen molar-refractivity contribution in [2.75, 3.05) is 13.7 Å². The van der Waals surface area contributed by atoms with Gasteiger partial charge in [0, 0.05) is 25.0 Å². The number of benzene rings is 1. The summed E-state index contributed by atoms with van der Waals surface area (Å²) in [4.78, 5) is 30.6. The molecule has 1 saturated heterocycles. The standard InChI is InChI=1S/C17H20N4O3S/c1-24-12-4-2-11(3-5-12)9-21-7-6-13(17(21)23)20-16(22)14-10-25-15(8-18)19-14/h2-5,10,13H,6-9,18H2,1H3,(H,20,22). The molecule has 2 amide bonds. The van der Waals surface area contributed by atoms with Crippen LogP contribution in [0.3, 0.4) is 0 Å². The van der Waals surface area contributed by atoms with E-state index in [9.17, 15) is 9.59 Å². The predicted octanol–water partition coefficient (Wildman–Crippen LogP) is 1.14. The fraction of sp³-hybridized carbons (Fsp3) is 0.353. The molecule has 3 N–H and O–H groups in total. The highest BCUT2D eigenvalue weighted by Crippen LogP contribution is 2.18. The van der Waals surface area contributed by atoms with Crippen molar-refractivity contribution in [3.05, 3.63) is 45.9 Å².